The molecule has 4 aromatic rings. The third-order valence-corrected chi connectivity index (χ3v) is 5.98. The molecule has 6 nitrogen and oxygen atoms in total. The van der Waals surface area contributed by atoms with Gasteiger partial charge in [-0.25, -0.2) is 4.98 Å². The van der Waals surface area contributed by atoms with Crippen LogP contribution in [0.4, 0.5) is 0 Å². The van der Waals surface area contributed by atoms with E-state index in [9.17, 15) is 4.79 Å². The van der Waals surface area contributed by atoms with Crippen molar-refractivity contribution in [2.75, 3.05) is 12.8 Å². The highest BCUT2D eigenvalue weighted by molar-refractivity contribution is 7.99. The summed E-state index contributed by atoms with van der Waals surface area (Å²) >= 11 is 1.45. The van der Waals surface area contributed by atoms with E-state index in [1.54, 1.807) is 11.1 Å². The summed E-state index contributed by atoms with van der Waals surface area (Å²) in [6.45, 7) is 3.32. The molecule has 0 N–H and O–H groups in total. The molecule has 31 heavy (non-hydrogen) atoms. The molecule has 0 bridgehead atoms. The van der Waals surface area contributed by atoms with E-state index in [0.29, 0.717) is 12.3 Å². The van der Waals surface area contributed by atoms with Gasteiger partial charge in [-0.2, -0.15) is 5.10 Å². The second-order valence-corrected chi connectivity index (χ2v) is 8.38. The van der Waals surface area contributed by atoms with Gasteiger partial charge in [-0.15, -0.1) is 0 Å². The zero-order valence-corrected chi connectivity index (χ0v) is 18.5. The number of hydrogen-bond donors (Lipinski definition) is 0. The Hall–Kier alpha value is -3.32. The maximum Gasteiger partial charge on any atom is 0.233 e. The summed E-state index contributed by atoms with van der Waals surface area (Å²) in [7, 11) is 1.82. The van der Waals surface area contributed by atoms with Crippen molar-refractivity contribution in [3.8, 4) is 5.69 Å². The number of rotatable bonds is 8. The lowest BCUT2D eigenvalue weighted by atomic mass is 10.2. The van der Waals surface area contributed by atoms with Crippen LogP contribution >= 0.6 is 11.8 Å². The van der Waals surface area contributed by atoms with Crippen molar-refractivity contribution in [1.82, 2.24) is 24.2 Å². The molecule has 158 valence electrons. The van der Waals surface area contributed by atoms with Gasteiger partial charge in [0.25, 0.3) is 0 Å². The smallest absolute Gasteiger partial charge is 0.233 e. The number of carbonyl (C=O) groups is 1. The van der Waals surface area contributed by atoms with Crippen LogP contribution in [0, 0.1) is 6.92 Å². The maximum atomic E-state index is 12.7. The quantitative estimate of drug-likeness (QED) is 0.393. The lowest BCUT2D eigenvalue weighted by molar-refractivity contribution is -0.127. The molecule has 0 aliphatic heterocycles. The van der Waals surface area contributed by atoms with Crippen molar-refractivity contribution >= 4 is 17.7 Å². The summed E-state index contributed by atoms with van der Waals surface area (Å²) in [6, 6.07) is 18.4. The van der Waals surface area contributed by atoms with Crippen LogP contribution in [-0.4, -0.2) is 42.9 Å². The zero-order valence-electron chi connectivity index (χ0n) is 17.7. The minimum Gasteiger partial charge on any atom is -0.341 e. The minimum absolute atomic E-state index is 0.0557. The van der Waals surface area contributed by atoms with Gasteiger partial charge in [0, 0.05) is 37.7 Å². The number of amides is 1. The molecule has 0 fully saturated rings. The van der Waals surface area contributed by atoms with Gasteiger partial charge in [0.05, 0.1) is 24.2 Å². The molecule has 0 aliphatic rings. The number of aromatic nitrogens is 4. The molecule has 0 aliphatic carbocycles. The van der Waals surface area contributed by atoms with E-state index >= 15 is 0 Å². The van der Waals surface area contributed by atoms with Crippen LogP contribution in [-0.2, 0) is 17.9 Å². The largest absolute Gasteiger partial charge is 0.341 e. The van der Waals surface area contributed by atoms with Crippen molar-refractivity contribution in [2.24, 2.45) is 0 Å². The Kier molecular flexibility index (Phi) is 6.52. The highest BCUT2D eigenvalue weighted by Gasteiger charge is 2.14. The molecule has 0 spiro atoms. The van der Waals surface area contributed by atoms with Crippen LogP contribution < -0.4 is 0 Å². The number of thioether (sulfide) groups is 1. The summed E-state index contributed by atoms with van der Waals surface area (Å²) < 4.78 is 3.93. The minimum atomic E-state index is 0.0557. The first-order valence-electron chi connectivity index (χ1n) is 10.1. The average Bonchev–Trinajstić information content (AvgIpc) is 3.42. The monoisotopic (exact) mass is 431 g/mol. The van der Waals surface area contributed by atoms with Gasteiger partial charge in [-0.3, -0.25) is 14.0 Å². The van der Waals surface area contributed by atoms with Gasteiger partial charge in [0.15, 0.2) is 5.16 Å². The molecule has 2 heterocycles. The molecule has 2 aromatic heterocycles. The number of imidazole rings is 1. The van der Waals surface area contributed by atoms with Crippen molar-refractivity contribution < 1.29 is 4.79 Å². The van der Waals surface area contributed by atoms with Crippen LogP contribution in [0.15, 0.2) is 84.5 Å². The molecule has 2 aromatic carbocycles. The molecular formula is C24H25N5OS. The Morgan fingerprint density at radius 2 is 1.84 bits per heavy atom. The topological polar surface area (TPSA) is 56.0 Å². The lowest BCUT2D eigenvalue weighted by Gasteiger charge is -2.16. The van der Waals surface area contributed by atoms with Crippen LogP contribution in [0.1, 0.15) is 16.7 Å². The second kappa shape index (κ2) is 9.66. The first-order valence-corrected chi connectivity index (χ1v) is 11.1. The van der Waals surface area contributed by atoms with Crippen molar-refractivity contribution in [2.45, 2.75) is 25.2 Å². The normalized spacial score (nSPS) is 10.9. The Labute approximate surface area is 186 Å². The van der Waals surface area contributed by atoms with Crippen LogP contribution in [0.3, 0.4) is 0 Å². The van der Waals surface area contributed by atoms with Gasteiger partial charge < -0.3 is 4.90 Å². The van der Waals surface area contributed by atoms with E-state index in [-0.39, 0.29) is 5.91 Å². The van der Waals surface area contributed by atoms with Crippen molar-refractivity contribution in [3.05, 3.63) is 96.1 Å². The molecule has 4 rings (SSSR count). The summed E-state index contributed by atoms with van der Waals surface area (Å²) in [5.41, 5.74) is 4.45. The van der Waals surface area contributed by atoms with Gasteiger partial charge >= 0.3 is 0 Å². The third-order valence-electron chi connectivity index (χ3n) is 5.03. The Bertz CT molecular complexity index is 1150. The van der Waals surface area contributed by atoms with Crippen LogP contribution in [0.5, 0.6) is 0 Å². The Morgan fingerprint density at radius 3 is 2.65 bits per heavy atom. The molecular weight excluding hydrogens is 406 g/mol. The Balaban J connectivity index is 1.33. The van der Waals surface area contributed by atoms with Gasteiger partial charge in [0.1, 0.15) is 0 Å². The van der Waals surface area contributed by atoms with E-state index in [0.717, 1.165) is 23.0 Å². The Morgan fingerprint density at radius 1 is 1.06 bits per heavy atom. The first kappa shape index (κ1) is 20.9. The summed E-state index contributed by atoms with van der Waals surface area (Å²) in [5.74, 6) is 0.387. The number of nitrogens with zero attached hydrogens (tertiary/aromatic N) is 5. The predicted molar refractivity (Wildman–Crippen MR) is 123 cm³/mol. The van der Waals surface area contributed by atoms with Gasteiger partial charge in [0.2, 0.25) is 5.91 Å². The first-order chi connectivity index (χ1) is 15.1. The fraction of sp³-hybridized carbons (Fsp3) is 0.208. The third kappa shape index (κ3) is 5.24. The number of aryl methyl sites for hydroxylation is 1. The molecule has 0 saturated heterocycles. The highest BCUT2D eigenvalue weighted by atomic mass is 32.2. The molecule has 0 atom stereocenters. The zero-order chi connectivity index (χ0) is 21.6. The SMILES string of the molecule is Cc1ccccc1-n1ccnc1SCC(=O)N(C)Cc1cnn(Cc2ccccc2)c1. The number of para-hydroxylation sites is 1. The molecule has 0 unspecified atom stereocenters. The highest BCUT2D eigenvalue weighted by Crippen LogP contribution is 2.23. The van der Waals surface area contributed by atoms with Gasteiger partial charge in [-0.05, 0) is 24.1 Å². The van der Waals surface area contributed by atoms with Crippen molar-refractivity contribution in [1.29, 1.82) is 0 Å². The van der Waals surface area contributed by atoms with E-state index in [1.165, 1.54) is 22.9 Å². The molecule has 1 amide bonds. The average molecular weight is 432 g/mol. The van der Waals surface area contributed by atoms with Crippen LogP contribution in [0.25, 0.3) is 5.69 Å². The van der Waals surface area contributed by atoms with E-state index in [1.807, 2.05) is 65.2 Å². The molecule has 7 heteroatoms. The van der Waals surface area contributed by atoms with Crippen LogP contribution in [0.2, 0.25) is 0 Å². The lowest BCUT2D eigenvalue weighted by Crippen LogP contribution is -2.27. The van der Waals surface area contributed by atoms with Crippen molar-refractivity contribution in [3.63, 3.8) is 0 Å². The maximum absolute atomic E-state index is 12.7. The summed E-state index contributed by atoms with van der Waals surface area (Å²) in [4.78, 5) is 18.9. The standard InChI is InChI=1S/C24H25N5OS/c1-19-8-6-7-11-22(19)29-13-12-25-24(29)31-18-23(30)27(2)15-21-14-26-28(17-21)16-20-9-4-3-5-10-20/h3-14,17H,15-16,18H2,1-2H3. The van der Waals surface area contributed by atoms with E-state index < -0.39 is 0 Å². The van der Waals surface area contributed by atoms with E-state index in [2.05, 4.69) is 41.3 Å². The number of hydrogen-bond acceptors (Lipinski definition) is 4. The summed E-state index contributed by atoms with van der Waals surface area (Å²) in [5, 5.41) is 5.24. The molecule has 0 saturated carbocycles. The number of benzene rings is 2. The van der Waals surface area contributed by atoms with E-state index in [4.69, 9.17) is 0 Å². The predicted octanol–water partition coefficient (Wildman–Crippen LogP) is 4.18. The number of carbonyl (C=O) groups excluding carboxylic acids is 1. The fourth-order valence-electron chi connectivity index (χ4n) is 3.36. The molecule has 0 radical (unpaired) electrons. The van der Waals surface area contributed by atoms with Gasteiger partial charge in [-0.1, -0.05) is 60.3 Å². The fourth-order valence-corrected chi connectivity index (χ4v) is 4.26. The second-order valence-electron chi connectivity index (χ2n) is 7.44. The summed E-state index contributed by atoms with van der Waals surface area (Å²) in [6.07, 6.45) is 7.52.